The summed E-state index contributed by atoms with van der Waals surface area (Å²) >= 11 is 0. The van der Waals surface area contributed by atoms with Crippen LogP contribution in [0.5, 0.6) is 5.75 Å². The number of fused-ring (bicyclic) bond motifs is 2. The molecule has 1 aromatic heterocycles. The predicted octanol–water partition coefficient (Wildman–Crippen LogP) is 1.92. The molecule has 0 spiro atoms. The fourth-order valence-corrected chi connectivity index (χ4v) is 3.01. The SMILES string of the molecule is OCCOCCN1c2ccc(CO)cc2OC1Nc1nc2ccccc2o1. The quantitative estimate of drug-likeness (QED) is 0.517. The van der Waals surface area contributed by atoms with Crippen molar-refractivity contribution >= 4 is 22.8 Å². The first kappa shape index (κ1) is 17.6. The zero-order valence-corrected chi connectivity index (χ0v) is 14.7. The Morgan fingerprint density at radius 3 is 2.85 bits per heavy atom. The number of benzene rings is 2. The maximum atomic E-state index is 9.36. The summed E-state index contributed by atoms with van der Waals surface area (Å²) < 4.78 is 17.1. The van der Waals surface area contributed by atoms with E-state index in [1.54, 1.807) is 0 Å². The molecule has 1 unspecified atom stereocenters. The van der Waals surface area contributed by atoms with Gasteiger partial charge in [0.2, 0.25) is 0 Å². The fraction of sp³-hybridized carbons (Fsp3) is 0.316. The number of aliphatic hydroxyl groups excluding tert-OH is 2. The van der Waals surface area contributed by atoms with Gasteiger partial charge in [-0.1, -0.05) is 18.2 Å². The van der Waals surface area contributed by atoms with E-state index in [2.05, 4.69) is 10.3 Å². The van der Waals surface area contributed by atoms with Crippen molar-refractivity contribution in [1.29, 1.82) is 0 Å². The molecule has 142 valence electrons. The van der Waals surface area contributed by atoms with E-state index in [4.69, 9.17) is 19.0 Å². The second-order valence-electron chi connectivity index (χ2n) is 6.09. The van der Waals surface area contributed by atoms with E-state index in [9.17, 15) is 5.11 Å². The number of aromatic nitrogens is 1. The highest BCUT2D eigenvalue weighted by molar-refractivity contribution is 5.74. The van der Waals surface area contributed by atoms with Crippen molar-refractivity contribution in [1.82, 2.24) is 4.98 Å². The minimum atomic E-state index is -0.528. The topological polar surface area (TPSA) is 100 Å². The first-order valence-corrected chi connectivity index (χ1v) is 8.76. The molecule has 0 amide bonds. The van der Waals surface area contributed by atoms with E-state index in [1.807, 2.05) is 47.4 Å². The Morgan fingerprint density at radius 2 is 2.04 bits per heavy atom. The van der Waals surface area contributed by atoms with Crippen LogP contribution in [0.1, 0.15) is 5.56 Å². The molecule has 0 saturated heterocycles. The number of anilines is 2. The summed E-state index contributed by atoms with van der Waals surface area (Å²) in [6, 6.07) is 13.4. The van der Waals surface area contributed by atoms with Crippen LogP contribution in [0.3, 0.4) is 0 Å². The third-order valence-electron chi connectivity index (χ3n) is 4.29. The minimum Gasteiger partial charge on any atom is -0.450 e. The van der Waals surface area contributed by atoms with Crippen molar-refractivity contribution < 1.29 is 24.1 Å². The molecule has 0 aliphatic carbocycles. The van der Waals surface area contributed by atoms with Crippen molar-refractivity contribution in [2.75, 3.05) is 36.6 Å². The van der Waals surface area contributed by atoms with Gasteiger partial charge in [0.05, 0.1) is 32.1 Å². The van der Waals surface area contributed by atoms with E-state index in [-0.39, 0.29) is 19.8 Å². The van der Waals surface area contributed by atoms with Gasteiger partial charge in [-0.15, -0.1) is 0 Å². The van der Waals surface area contributed by atoms with Crippen LogP contribution in [0.25, 0.3) is 11.1 Å². The third kappa shape index (κ3) is 3.68. The zero-order valence-electron chi connectivity index (χ0n) is 14.7. The van der Waals surface area contributed by atoms with Crippen molar-refractivity contribution in [3.8, 4) is 5.75 Å². The molecule has 3 N–H and O–H groups in total. The molecule has 0 radical (unpaired) electrons. The Balaban J connectivity index is 1.55. The number of oxazole rings is 1. The van der Waals surface area contributed by atoms with Gasteiger partial charge < -0.3 is 29.0 Å². The molecule has 8 heteroatoms. The summed E-state index contributed by atoms with van der Waals surface area (Å²) in [6.45, 7) is 1.19. The molecule has 2 heterocycles. The summed E-state index contributed by atoms with van der Waals surface area (Å²) in [7, 11) is 0. The standard InChI is InChI=1S/C19H21N3O5/c23-8-10-25-9-7-22-15-6-5-13(12-24)11-17(15)27-19(22)21-18-20-14-3-1-2-4-16(14)26-18/h1-6,11,19,23-24H,7-10,12H2,(H,20,21). The molecule has 0 saturated carbocycles. The smallest absolute Gasteiger partial charge is 0.300 e. The Labute approximate surface area is 155 Å². The van der Waals surface area contributed by atoms with Gasteiger partial charge in [-0.25, -0.2) is 0 Å². The molecular weight excluding hydrogens is 350 g/mol. The van der Waals surface area contributed by atoms with E-state index in [0.29, 0.717) is 30.5 Å². The number of aliphatic hydroxyl groups is 2. The second kappa shape index (κ2) is 7.83. The Morgan fingerprint density at radius 1 is 1.15 bits per heavy atom. The van der Waals surface area contributed by atoms with E-state index in [1.165, 1.54) is 0 Å². The number of hydrogen-bond donors (Lipinski definition) is 3. The molecule has 27 heavy (non-hydrogen) atoms. The van der Waals surface area contributed by atoms with Gasteiger partial charge in [0, 0.05) is 6.54 Å². The summed E-state index contributed by atoms with van der Waals surface area (Å²) in [4.78, 5) is 6.42. The van der Waals surface area contributed by atoms with Gasteiger partial charge in [0.1, 0.15) is 11.3 Å². The van der Waals surface area contributed by atoms with Crippen LogP contribution < -0.4 is 15.0 Å². The van der Waals surface area contributed by atoms with Crippen LogP contribution >= 0.6 is 0 Å². The van der Waals surface area contributed by atoms with Crippen LogP contribution in [-0.4, -0.2) is 47.9 Å². The van der Waals surface area contributed by atoms with Crippen molar-refractivity contribution in [3.05, 3.63) is 48.0 Å². The van der Waals surface area contributed by atoms with Crippen molar-refractivity contribution in [2.24, 2.45) is 0 Å². The number of rotatable bonds is 8. The lowest BCUT2D eigenvalue weighted by Crippen LogP contribution is -2.43. The molecule has 1 aliphatic heterocycles. The minimum absolute atomic E-state index is 0.0163. The van der Waals surface area contributed by atoms with Gasteiger partial charge in [-0.2, -0.15) is 4.98 Å². The molecule has 0 fully saturated rings. The highest BCUT2D eigenvalue weighted by atomic mass is 16.5. The van der Waals surface area contributed by atoms with Crippen LogP contribution in [0, 0.1) is 0 Å². The number of para-hydroxylation sites is 2. The Kier molecular flexibility index (Phi) is 5.10. The highest BCUT2D eigenvalue weighted by Gasteiger charge is 2.32. The lowest BCUT2D eigenvalue weighted by atomic mass is 10.2. The monoisotopic (exact) mass is 371 g/mol. The van der Waals surface area contributed by atoms with Crippen molar-refractivity contribution in [2.45, 2.75) is 13.0 Å². The van der Waals surface area contributed by atoms with Crippen LogP contribution in [0.4, 0.5) is 11.7 Å². The first-order valence-electron chi connectivity index (χ1n) is 8.76. The number of hydrogen-bond acceptors (Lipinski definition) is 8. The lowest BCUT2D eigenvalue weighted by Gasteiger charge is -2.25. The molecule has 4 rings (SSSR count). The average molecular weight is 371 g/mol. The van der Waals surface area contributed by atoms with Crippen LogP contribution in [0.15, 0.2) is 46.9 Å². The number of ether oxygens (including phenoxy) is 2. The van der Waals surface area contributed by atoms with Gasteiger partial charge in [-0.3, -0.25) is 5.32 Å². The Hall–Kier alpha value is -2.81. The molecule has 3 aromatic rings. The molecule has 1 aliphatic rings. The normalized spacial score (nSPS) is 15.8. The molecule has 1 atom stereocenters. The van der Waals surface area contributed by atoms with Gasteiger partial charge in [-0.05, 0) is 29.8 Å². The van der Waals surface area contributed by atoms with E-state index >= 15 is 0 Å². The largest absolute Gasteiger partial charge is 0.450 e. The number of nitrogens with one attached hydrogen (secondary N) is 1. The predicted molar refractivity (Wildman–Crippen MR) is 99.7 cm³/mol. The first-order chi connectivity index (χ1) is 13.3. The lowest BCUT2D eigenvalue weighted by molar-refractivity contribution is 0.0937. The molecule has 2 aromatic carbocycles. The summed E-state index contributed by atoms with van der Waals surface area (Å²) in [5, 5.41) is 21.4. The third-order valence-corrected chi connectivity index (χ3v) is 4.29. The van der Waals surface area contributed by atoms with Gasteiger partial charge in [0.15, 0.2) is 5.58 Å². The summed E-state index contributed by atoms with van der Waals surface area (Å²) in [6.07, 6.45) is -0.528. The Bertz CT molecular complexity index is 880. The van der Waals surface area contributed by atoms with Crippen molar-refractivity contribution in [3.63, 3.8) is 0 Å². The fourth-order valence-electron chi connectivity index (χ4n) is 3.01. The molecular formula is C19H21N3O5. The zero-order chi connectivity index (χ0) is 18.6. The van der Waals surface area contributed by atoms with Gasteiger partial charge >= 0.3 is 0 Å². The van der Waals surface area contributed by atoms with Gasteiger partial charge in [0.25, 0.3) is 12.4 Å². The van der Waals surface area contributed by atoms with E-state index < -0.39 is 6.35 Å². The second-order valence-corrected chi connectivity index (χ2v) is 6.09. The average Bonchev–Trinajstić information content (AvgIpc) is 3.25. The molecule has 8 nitrogen and oxygen atoms in total. The summed E-state index contributed by atoms with van der Waals surface area (Å²) in [5.41, 5.74) is 3.10. The van der Waals surface area contributed by atoms with Crippen LogP contribution in [0.2, 0.25) is 0 Å². The maximum Gasteiger partial charge on any atom is 0.300 e. The number of nitrogens with zero attached hydrogens (tertiary/aromatic N) is 2. The summed E-state index contributed by atoms with van der Waals surface area (Å²) in [5.74, 6) is 0.664. The molecule has 0 bridgehead atoms. The van der Waals surface area contributed by atoms with E-state index in [0.717, 1.165) is 16.8 Å². The van der Waals surface area contributed by atoms with Crippen LogP contribution in [-0.2, 0) is 11.3 Å². The highest BCUT2D eigenvalue weighted by Crippen LogP contribution is 2.38. The maximum absolute atomic E-state index is 9.36.